The van der Waals surface area contributed by atoms with Gasteiger partial charge in [0.05, 0.1) is 25.0 Å². The maximum absolute atomic E-state index is 13.4. The zero-order valence-electron chi connectivity index (χ0n) is 14.7. The Morgan fingerprint density at radius 1 is 1.46 bits per heavy atom. The molecule has 1 aromatic rings. The Bertz CT molecular complexity index is 738. The highest BCUT2D eigenvalue weighted by Crippen LogP contribution is 2.28. The van der Waals surface area contributed by atoms with Crippen LogP contribution in [-0.2, 0) is 23.9 Å². The second kappa shape index (κ2) is 7.41. The summed E-state index contributed by atoms with van der Waals surface area (Å²) in [7, 11) is 0. The molecule has 26 heavy (non-hydrogen) atoms. The Balaban J connectivity index is 1.57. The number of rotatable bonds is 5. The second-order valence-corrected chi connectivity index (χ2v) is 6.53. The number of amides is 1. The summed E-state index contributed by atoms with van der Waals surface area (Å²) in [5.74, 6) is -1.16. The van der Waals surface area contributed by atoms with Crippen LogP contribution >= 0.6 is 0 Å². The molecule has 2 aliphatic rings. The molecule has 7 nitrogen and oxygen atoms in total. The van der Waals surface area contributed by atoms with Crippen molar-refractivity contribution in [1.82, 2.24) is 5.32 Å². The minimum absolute atomic E-state index is 0.219. The lowest BCUT2D eigenvalue weighted by Crippen LogP contribution is -2.49. The quantitative estimate of drug-likeness (QED) is 0.801. The van der Waals surface area contributed by atoms with Gasteiger partial charge in [0.15, 0.2) is 6.10 Å². The zero-order chi connectivity index (χ0) is 18.7. The third-order valence-corrected chi connectivity index (χ3v) is 4.38. The number of ether oxygens (including phenoxy) is 2. The lowest BCUT2D eigenvalue weighted by Gasteiger charge is -2.22. The first-order valence-electron chi connectivity index (χ1n) is 8.51. The van der Waals surface area contributed by atoms with Crippen LogP contribution in [0.4, 0.5) is 4.39 Å². The van der Waals surface area contributed by atoms with Crippen molar-refractivity contribution in [3.05, 3.63) is 35.6 Å². The van der Waals surface area contributed by atoms with Gasteiger partial charge in [-0.05, 0) is 26.0 Å². The van der Waals surface area contributed by atoms with E-state index >= 15 is 0 Å². The van der Waals surface area contributed by atoms with E-state index in [4.69, 9.17) is 14.3 Å². The van der Waals surface area contributed by atoms with Crippen molar-refractivity contribution in [3.8, 4) is 0 Å². The maximum atomic E-state index is 13.4. The molecule has 2 heterocycles. The van der Waals surface area contributed by atoms with Gasteiger partial charge in [0.2, 0.25) is 5.60 Å². The largest absolute Gasteiger partial charge is 0.464 e. The summed E-state index contributed by atoms with van der Waals surface area (Å²) in [6, 6.07) is 5.67. The van der Waals surface area contributed by atoms with Gasteiger partial charge >= 0.3 is 5.97 Å². The number of carbonyl (C=O) groups is 2. The summed E-state index contributed by atoms with van der Waals surface area (Å²) in [5, 5.41) is 6.77. The Morgan fingerprint density at radius 2 is 2.27 bits per heavy atom. The Hall–Kier alpha value is -2.48. The molecule has 1 N–H and O–H groups in total. The Kier molecular flexibility index (Phi) is 5.22. The molecule has 8 heteroatoms. The molecule has 1 amide bonds. The molecule has 0 aromatic heterocycles. The van der Waals surface area contributed by atoms with Crippen LogP contribution < -0.4 is 5.32 Å². The van der Waals surface area contributed by atoms with Crippen LogP contribution in [0.2, 0.25) is 0 Å². The number of oxime groups is 1. The summed E-state index contributed by atoms with van der Waals surface area (Å²) in [4.78, 5) is 29.7. The number of halogens is 1. The van der Waals surface area contributed by atoms with Crippen LogP contribution in [0.25, 0.3) is 0 Å². The monoisotopic (exact) mass is 364 g/mol. The van der Waals surface area contributed by atoms with E-state index in [1.807, 2.05) is 0 Å². The molecule has 1 fully saturated rings. The van der Waals surface area contributed by atoms with Crippen molar-refractivity contribution in [2.24, 2.45) is 5.16 Å². The SMILES string of the molecule is CCOC(=O)C1CC(NC(=O)[C@@]2(C)CC(c3cccc(F)c3)=NO2)CO1. The van der Waals surface area contributed by atoms with Crippen LogP contribution in [0, 0.1) is 5.82 Å². The average Bonchev–Trinajstić information content (AvgIpc) is 3.23. The van der Waals surface area contributed by atoms with Gasteiger partial charge in [0.1, 0.15) is 5.82 Å². The van der Waals surface area contributed by atoms with E-state index in [1.54, 1.807) is 26.0 Å². The molecule has 3 atom stereocenters. The number of hydrogen-bond acceptors (Lipinski definition) is 6. The molecule has 0 radical (unpaired) electrons. The number of hydrogen-bond donors (Lipinski definition) is 1. The molecule has 0 aliphatic carbocycles. The van der Waals surface area contributed by atoms with Crippen LogP contribution in [0.15, 0.2) is 29.4 Å². The molecule has 3 rings (SSSR count). The number of nitrogens with one attached hydrogen (secondary N) is 1. The third-order valence-electron chi connectivity index (χ3n) is 4.38. The maximum Gasteiger partial charge on any atom is 0.335 e. The average molecular weight is 364 g/mol. The number of carbonyl (C=O) groups excluding carboxylic acids is 2. The van der Waals surface area contributed by atoms with Crippen LogP contribution in [-0.4, -0.2) is 48.5 Å². The molecule has 1 saturated heterocycles. The first kappa shape index (κ1) is 18.3. The van der Waals surface area contributed by atoms with Crippen LogP contribution in [0.5, 0.6) is 0 Å². The molecule has 0 spiro atoms. The van der Waals surface area contributed by atoms with Gasteiger partial charge in [-0.3, -0.25) is 4.79 Å². The van der Waals surface area contributed by atoms with Crippen molar-refractivity contribution in [2.75, 3.05) is 13.2 Å². The van der Waals surface area contributed by atoms with Crippen molar-refractivity contribution >= 4 is 17.6 Å². The molecule has 0 saturated carbocycles. The first-order chi connectivity index (χ1) is 12.4. The van der Waals surface area contributed by atoms with Crippen LogP contribution in [0.1, 0.15) is 32.3 Å². The van der Waals surface area contributed by atoms with Gasteiger partial charge in [-0.15, -0.1) is 0 Å². The highest BCUT2D eigenvalue weighted by molar-refractivity contribution is 6.05. The molecule has 2 aliphatic heterocycles. The molecular weight excluding hydrogens is 343 g/mol. The molecule has 1 aromatic carbocycles. The van der Waals surface area contributed by atoms with E-state index in [0.29, 0.717) is 17.7 Å². The fraction of sp³-hybridized carbons (Fsp3) is 0.500. The summed E-state index contributed by atoms with van der Waals surface area (Å²) in [6.07, 6.45) is -0.105. The van der Waals surface area contributed by atoms with Crippen molar-refractivity contribution in [1.29, 1.82) is 0 Å². The summed E-state index contributed by atoms with van der Waals surface area (Å²) in [6.45, 7) is 3.85. The van der Waals surface area contributed by atoms with Gasteiger partial charge in [0, 0.05) is 18.4 Å². The van der Waals surface area contributed by atoms with Crippen molar-refractivity contribution in [3.63, 3.8) is 0 Å². The highest BCUT2D eigenvalue weighted by Gasteiger charge is 2.44. The summed E-state index contributed by atoms with van der Waals surface area (Å²) < 4.78 is 23.7. The topological polar surface area (TPSA) is 86.2 Å². The van der Waals surface area contributed by atoms with Gasteiger partial charge in [0.25, 0.3) is 5.91 Å². The van der Waals surface area contributed by atoms with Gasteiger partial charge in [-0.25, -0.2) is 9.18 Å². The normalized spacial score (nSPS) is 27.6. The third kappa shape index (κ3) is 3.85. The Morgan fingerprint density at radius 3 is 3.00 bits per heavy atom. The van der Waals surface area contributed by atoms with Crippen molar-refractivity contribution in [2.45, 2.75) is 44.4 Å². The first-order valence-corrected chi connectivity index (χ1v) is 8.51. The zero-order valence-corrected chi connectivity index (χ0v) is 14.7. The minimum atomic E-state index is -1.19. The van der Waals surface area contributed by atoms with E-state index < -0.39 is 17.7 Å². The van der Waals surface area contributed by atoms with Gasteiger partial charge in [-0.1, -0.05) is 17.3 Å². The molecule has 2 unspecified atom stereocenters. The number of esters is 1. The predicted molar refractivity (Wildman–Crippen MR) is 90.0 cm³/mol. The Labute approximate surface area is 150 Å². The minimum Gasteiger partial charge on any atom is -0.464 e. The van der Waals surface area contributed by atoms with Crippen LogP contribution in [0.3, 0.4) is 0 Å². The van der Waals surface area contributed by atoms with Crippen molar-refractivity contribution < 1.29 is 28.3 Å². The van der Waals surface area contributed by atoms with E-state index in [0.717, 1.165) is 0 Å². The predicted octanol–water partition coefficient (Wildman–Crippen LogP) is 1.55. The highest BCUT2D eigenvalue weighted by atomic mass is 19.1. The standard InChI is InChI=1S/C18H21FN2O5/c1-3-24-16(22)15-8-13(10-25-15)20-17(23)18(2)9-14(21-26-18)11-5-4-6-12(19)7-11/h4-7,13,15H,3,8-10H2,1-2H3,(H,20,23)/t13?,15?,18-/m1/s1. The molecular formula is C18H21FN2O5. The fourth-order valence-electron chi connectivity index (χ4n) is 2.95. The van der Waals surface area contributed by atoms with Gasteiger partial charge in [-0.2, -0.15) is 0 Å². The summed E-state index contributed by atoms with van der Waals surface area (Å²) >= 11 is 0. The number of benzene rings is 1. The second-order valence-electron chi connectivity index (χ2n) is 6.53. The lowest BCUT2D eigenvalue weighted by molar-refractivity contribution is -0.153. The van der Waals surface area contributed by atoms with E-state index in [-0.39, 0.29) is 37.4 Å². The number of nitrogens with zero attached hydrogens (tertiary/aromatic N) is 1. The van der Waals surface area contributed by atoms with E-state index in [2.05, 4.69) is 10.5 Å². The van der Waals surface area contributed by atoms with E-state index in [9.17, 15) is 14.0 Å². The van der Waals surface area contributed by atoms with E-state index in [1.165, 1.54) is 12.1 Å². The molecule has 140 valence electrons. The van der Waals surface area contributed by atoms with Gasteiger partial charge < -0.3 is 19.6 Å². The smallest absolute Gasteiger partial charge is 0.335 e. The lowest BCUT2D eigenvalue weighted by atomic mass is 9.94. The fourth-order valence-corrected chi connectivity index (χ4v) is 2.95. The summed E-state index contributed by atoms with van der Waals surface area (Å²) in [5.41, 5.74) is -0.105. The molecule has 0 bridgehead atoms.